The summed E-state index contributed by atoms with van der Waals surface area (Å²) in [4.78, 5) is 12.1. The van der Waals surface area contributed by atoms with Crippen molar-refractivity contribution in [1.29, 1.82) is 0 Å². The molecule has 1 rings (SSSR count). The van der Waals surface area contributed by atoms with Crippen molar-refractivity contribution in [3.63, 3.8) is 0 Å². The van der Waals surface area contributed by atoms with Crippen molar-refractivity contribution in [2.24, 2.45) is 0 Å². The molecule has 0 radical (unpaired) electrons. The van der Waals surface area contributed by atoms with Crippen LogP contribution in [0.1, 0.15) is 13.0 Å². The fourth-order valence-corrected chi connectivity index (χ4v) is 1.99. The van der Waals surface area contributed by atoms with Gasteiger partial charge in [0.1, 0.15) is 4.83 Å². The second-order valence-electron chi connectivity index (χ2n) is 3.32. The molecule has 19 heavy (non-hydrogen) atoms. The monoisotopic (exact) mass is 415 g/mol. The van der Waals surface area contributed by atoms with E-state index >= 15 is 0 Å². The van der Waals surface area contributed by atoms with Gasteiger partial charge in [-0.3, -0.25) is 4.79 Å². The van der Waals surface area contributed by atoms with E-state index in [1.165, 1.54) is 0 Å². The van der Waals surface area contributed by atoms with Gasteiger partial charge < -0.3 is 5.32 Å². The zero-order valence-corrected chi connectivity index (χ0v) is 13.3. The first kappa shape index (κ1) is 18.9. The minimum absolute atomic E-state index is 0. The Morgan fingerprint density at radius 3 is 2.79 bits per heavy atom. The van der Waals surface area contributed by atoms with Crippen LogP contribution >= 0.6 is 43.9 Å². The number of aryl methyl sites for hydroxylation is 1. The highest BCUT2D eigenvalue weighted by Gasteiger charge is 2.13. The van der Waals surface area contributed by atoms with Gasteiger partial charge in [-0.1, -0.05) is 44.3 Å². The Labute approximate surface area is 133 Å². The van der Waals surface area contributed by atoms with Gasteiger partial charge in [0.25, 0.3) is 0 Å². The van der Waals surface area contributed by atoms with Crippen LogP contribution in [0.5, 0.6) is 0 Å². The minimum Gasteiger partial charge on any atom is -0.325 e. The van der Waals surface area contributed by atoms with Gasteiger partial charge in [0.15, 0.2) is 0 Å². The maximum absolute atomic E-state index is 11.6. The Bertz CT molecular complexity index is 420. The van der Waals surface area contributed by atoms with Crippen molar-refractivity contribution in [1.82, 2.24) is 0 Å². The lowest BCUT2D eigenvalue weighted by Gasteiger charge is -2.10. The molecule has 0 saturated carbocycles. The lowest BCUT2D eigenvalue weighted by Crippen LogP contribution is -2.23. The van der Waals surface area contributed by atoms with Crippen molar-refractivity contribution in [2.45, 2.75) is 24.1 Å². The summed E-state index contributed by atoms with van der Waals surface area (Å²) in [6, 6.07) is 5.29. The molecule has 0 aromatic heterocycles. The van der Waals surface area contributed by atoms with Crippen molar-refractivity contribution in [2.75, 3.05) is 10.6 Å². The first-order chi connectivity index (χ1) is 8.58. The van der Waals surface area contributed by atoms with Crippen molar-refractivity contribution in [3.8, 4) is 0 Å². The number of benzene rings is 1. The van der Waals surface area contributed by atoms with Gasteiger partial charge in [-0.05, 0) is 30.7 Å². The number of alkyl halides is 2. The first-order valence-corrected chi connectivity index (χ1v) is 7.62. The summed E-state index contributed by atoms with van der Waals surface area (Å²) >= 11 is 7.34. The van der Waals surface area contributed by atoms with E-state index in [1.54, 1.807) is 18.2 Å². The van der Waals surface area contributed by atoms with E-state index < -0.39 is 0 Å². The van der Waals surface area contributed by atoms with Crippen LogP contribution in [0.3, 0.4) is 0 Å². The molecule has 1 aromatic rings. The van der Waals surface area contributed by atoms with E-state index in [1.807, 2.05) is 6.92 Å². The third-order valence-corrected chi connectivity index (χ3v) is 5.04. The van der Waals surface area contributed by atoms with E-state index in [0.29, 0.717) is 11.0 Å². The zero-order chi connectivity index (χ0) is 13.5. The third kappa shape index (κ3) is 6.24. The molecule has 8 heteroatoms. The highest BCUT2D eigenvalue weighted by atomic mass is 79.9. The number of halogens is 2. The second kappa shape index (κ2) is 9.73. The van der Waals surface area contributed by atoms with Crippen LogP contribution in [-0.4, -0.2) is 21.3 Å². The summed E-state index contributed by atoms with van der Waals surface area (Å²) in [7, 11) is 0. The summed E-state index contributed by atoms with van der Waals surface area (Å²) in [5.41, 5.74) is 1.58. The number of anilines is 1. The molecule has 0 spiro atoms. The van der Waals surface area contributed by atoms with Gasteiger partial charge in [-0.2, -0.15) is 0 Å². The molecule has 0 aliphatic carbocycles. The molecule has 5 nitrogen and oxygen atoms in total. The number of carbonyl (C=O) groups excluding carboxylic acids is 1. The number of amides is 1. The van der Waals surface area contributed by atoms with Gasteiger partial charge in [0.05, 0.1) is 12.0 Å². The maximum Gasteiger partial charge on any atom is 0.239 e. The minimum atomic E-state index is -0.280. The summed E-state index contributed by atoms with van der Waals surface area (Å²) in [6.07, 6.45) is 0. The standard InChI is InChI=1S/C10H11Br2NO4S.CH4/c1-6-4-7(13-10(14)8(12)5-11)2-3-9(6)18-17-16-15;/h2-4,8,15H,5H2,1H3,(H,13,14);1H4. The topological polar surface area (TPSA) is 67.8 Å². The smallest absolute Gasteiger partial charge is 0.239 e. The molecule has 1 amide bonds. The van der Waals surface area contributed by atoms with Crippen LogP contribution in [0.2, 0.25) is 0 Å². The Morgan fingerprint density at radius 1 is 1.58 bits per heavy atom. The lowest BCUT2D eigenvalue weighted by atomic mass is 10.2. The lowest BCUT2D eigenvalue weighted by molar-refractivity contribution is -0.432. The van der Waals surface area contributed by atoms with Gasteiger partial charge in [0.2, 0.25) is 5.91 Å². The predicted molar refractivity (Wildman–Crippen MR) is 83.7 cm³/mol. The molecular formula is C11H15Br2NO4S. The van der Waals surface area contributed by atoms with E-state index in [4.69, 9.17) is 5.26 Å². The van der Waals surface area contributed by atoms with E-state index in [-0.39, 0.29) is 18.2 Å². The highest BCUT2D eigenvalue weighted by Crippen LogP contribution is 2.26. The van der Waals surface area contributed by atoms with Crippen LogP contribution in [-0.2, 0) is 14.2 Å². The molecule has 0 aliphatic rings. The van der Waals surface area contributed by atoms with E-state index in [0.717, 1.165) is 22.5 Å². The molecule has 108 valence electrons. The molecule has 1 unspecified atom stereocenters. The molecule has 2 N–H and O–H groups in total. The zero-order valence-electron chi connectivity index (χ0n) is 9.35. The first-order valence-electron chi connectivity index (χ1n) is 4.84. The normalized spacial score (nSPS) is 11.6. The van der Waals surface area contributed by atoms with Gasteiger partial charge in [-0.15, -0.1) is 4.33 Å². The molecule has 0 heterocycles. The second-order valence-corrected chi connectivity index (χ2v) is 5.81. The Morgan fingerprint density at radius 2 is 2.26 bits per heavy atom. The average Bonchev–Trinajstić information content (AvgIpc) is 2.36. The van der Waals surface area contributed by atoms with Crippen LogP contribution in [0.4, 0.5) is 5.69 Å². The van der Waals surface area contributed by atoms with Crippen molar-refractivity contribution >= 4 is 55.5 Å². The molecule has 1 atom stereocenters. The van der Waals surface area contributed by atoms with Crippen molar-refractivity contribution < 1.29 is 19.4 Å². The van der Waals surface area contributed by atoms with Crippen LogP contribution in [0, 0.1) is 6.92 Å². The van der Waals surface area contributed by atoms with Crippen molar-refractivity contribution in [3.05, 3.63) is 23.8 Å². The molecule has 0 saturated heterocycles. The molecule has 0 aliphatic heterocycles. The number of nitrogens with one attached hydrogen (secondary N) is 1. The van der Waals surface area contributed by atoms with E-state index in [2.05, 4.69) is 46.5 Å². The maximum atomic E-state index is 11.6. The van der Waals surface area contributed by atoms with Crippen LogP contribution in [0.25, 0.3) is 0 Å². The highest BCUT2D eigenvalue weighted by molar-refractivity contribution is 9.12. The van der Waals surface area contributed by atoms with Crippen LogP contribution < -0.4 is 5.32 Å². The number of rotatable bonds is 6. The van der Waals surface area contributed by atoms with E-state index in [9.17, 15) is 4.79 Å². The Balaban J connectivity index is 0.00000324. The van der Waals surface area contributed by atoms with Gasteiger partial charge in [0, 0.05) is 15.9 Å². The fourth-order valence-electron chi connectivity index (χ4n) is 1.16. The largest absolute Gasteiger partial charge is 0.325 e. The predicted octanol–water partition coefficient (Wildman–Crippen LogP) is 4.16. The summed E-state index contributed by atoms with van der Waals surface area (Å²) in [5, 5.41) is 14.9. The Hall–Kier alpha value is -0.120. The molecule has 0 bridgehead atoms. The summed E-state index contributed by atoms with van der Waals surface area (Å²) in [5.74, 6) is -0.124. The molecular weight excluding hydrogens is 402 g/mol. The number of hydrogen-bond donors (Lipinski definition) is 2. The van der Waals surface area contributed by atoms with Crippen LogP contribution in [0.15, 0.2) is 23.1 Å². The molecule has 0 fully saturated rings. The van der Waals surface area contributed by atoms with Gasteiger partial charge >= 0.3 is 0 Å². The quantitative estimate of drug-likeness (QED) is 0.315. The summed E-state index contributed by atoms with van der Waals surface area (Å²) < 4.78 is 4.35. The third-order valence-electron chi connectivity index (χ3n) is 2.02. The molecule has 1 aromatic carbocycles. The number of hydrogen-bond acceptors (Lipinski definition) is 5. The average molecular weight is 417 g/mol. The summed E-state index contributed by atoms with van der Waals surface area (Å²) in [6.45, 7) is 1.86. The Kier molecular flexibility index (Phi) is 9.67. The SMILES string of the molecule is C.Cc1cc(NC(=O)C(Br)CBr)ccc1SOOO. The fraction of sp³-hybridized carbons (Fsp3) is 0.364. The number of carbonyl (C=O) groups is 1. The van der Waals surface area contributed by atoms with Gasteiger partial charge in [-0.25, -0.2) is 5.26 Å².